The maximum atomic E-state index is 5.40. The van der Waals surface area contributed by atoms with Crippen LogP contribution in [-0.2, 0) is 0 Å². The summed E-state index contributed by atoms with van der Waals surface area (Å²) in [6.07, 6.45) is 1.04. The van der Waals surface area contributed by atoms with Crippen LogP contribution in [0.5, 0.6) is 5.75 Å². The molecule has 0 bridgehead atoms. The van der Waals surface area contributed by atoms with Gasteiger partial charge in [0.05, 0.1) is 6.61 Å². The minimum Gasteiger partial charge on any atom is -0.494 e. The molecule has 0 aliphatic heterocycles. The molecule has 2 nitrogen and oxygen atoms in total. The molecule has 0 radical (unpaired) electrons. The highest BCUT2D eigenvalue weighted by Gasteiger charge is 2.07. The summed E-state index contributed by atoms with van der Waals surface area (Å²) in [5.41, 5.74) is 1.29. The van der Waals surface area contributed by atoms with Gasteiger partial charge < -0.3 is 10.1 Å². The number of hydrogen-bond donors (Lipinski definition) is 2. The maximum absolute atomic E-state index is 5.40. The molecule has 0 saturated heterocycles. The molecule has 1 aromatic rings. The summed E-state index contributed by atoms with van der Waals surface area (Å²) in [7, 11) is 1.98. The summed E-state index contributed by atoms with van der Waals surface area (Å²) in [6, 6.07) is 8.63. The van der Waals surface area contributed by atoms with Crippen LogP contribution >= 0.6 is 12.6 Å². The van der Waals surface area contributed by atoms with Crippen molar-refractivity contribution in [2.75, 3.05) is 19.4 Å². The van der Waals surface area contributed by atoms with Crippen molar-refractivity contribution in [1.29, 1.82) is 0 Å². The van der Waals surface area contributed by atoms with Crippen LogP contribution in [0.15, 0.2) is 24.3 Å². The van der Waals surface area contributed by atoms with E-state index in [1.54, 1.807) is 0 Å². The summed E-state index contributed by atoms with van der Waals surface area (Å²) >= 11 is 4.25. The van der Waals surface area contributed by atoms with Crippen LogP contribution in [0.4, 0.5) is 0 Å². The van der Waals surface area contributed by atoms with E-state index in [4.69, 9.17) is 4.74 Å². The largest absolute Gasteiger partial charge is 0.494 e. The van der Waals surface area contributed by atoms with E-state index < -0.39 is 0 Å². The first-order chi connectivity index (χ1) is 7.31. The Kier molecular flexibility index (Phi) is 5.58. The smallest absolute Gasteiger partial charge is 0.119 e. The Morgan fingerprint density at radius 1 is 1.33 bits per heavy atom. The maximum Gasteiger partial charge on any atom is 0.119 e. The molecule has 1 N–H and O–H groups in total. The predicted octanol–water partition coefficient (Wildman–Crippen LogP) is 2.67. The predicted molar refractivity (Wildman–Crippen MR) is 67.9 cm³/mol. The lowest BCUT2D eigenvalue weighted by Gasteiger charge is -2.15. The van der Waals surface area contributed by atoms with Crippen molar-refractivity contribution in [3.8, 4) is 5.75 Å². The first kappa shape index (κ1) is 12.4. The normalized spacial score (nSPS) is 12.5. The van der Waals surface area contributed by atoms with Crippen molar-refractivity contribution >= 4 is 12.6 Å². The number of thiol groups is 1. The Hall–Kier alpha value is -0.670. The summed E-state index contributed by atoms with van der Waals surface area (Å²) in [4.78, 5) is 0. The van der Waals surface area contributed by atoms with Crippen molar-refractivity contribution in [1.82, 2.24) is 5.32 Å². The van der Waals surface area contributed by atoms with Crippen molar-refractivity contribution in [3.63, 3.8) is 0 Å². The first-order valence-electron chi connectivity index (χ1n) is 5.32. The van der Waals surface area contributed by atoms with E-state index in [0.717, 1.165) is 17.9 Å². The van der Waals surface area contributed by atoms with Gasteiger partial charge in [0, 0.05) is 6.04 Å². The second-order valence-electron chi connectivity index (χ2n) is 3.36. The van der Waals surface area contributed by atoms with E-state index >= 15 is 0 Å². The summed E-state index contributed by atoms with van der Waals surface area (Å²) in [6.45, 7) is 2.71. The number of hydrogen-bond acceptors (Lipinski definition) is 3. The molecular weight excluding hydrogens is 206 g/mol. The van der Waals surface area contributed by atoms with Gasteiger partial charge in [-0.05, 0) is 43.8 Å². The van der Waals surface area contributed by atoms with Crippen LogP contribution in [0.25, 0.3) is 0 Å². The third-order valence-corrected chi connectivity index (χ3v) is 2.62. The zero-order chi connectivity index (χ0) is 11.1. The lowest BCUT2D eigenvalue weighted by atomic mass is 10.0. The number of rotatable bonds is 6. The molecule has 15 heavy (non-hydrogen) atoms. The molecule has 84 valence electrons. The van der Waals surface area contributed by atoms with Crippen LogP contribution in [0.3, 0.4) is 0 Å². The average molecular weight is 225 g/mol. The molecule has 0 heterocycles. The molecule has 3 heteroatoms. The lowest BCUT2D eigenvalue weighted by Crippen LogP contribution is -2.16. The fraction of sp³-hybridized carbons (Fsp3) is 0.500. The quantitative estimate of drug-likeness (QED) is 0.726. The van der Waals surface area contributed by atoms with Crippen molar-refractivity contribution in [3.05, 3.63) is 29.8 Å². The van der Waals surface area contributed by atoms with Gasteiger partial charge in [0.15, 0.2) is 0 Å². The average Bonchev–Trinajstić information content (AvgIpc) is 2.28. The van der Waals surface area contributed by atoms with Crippen LogP contribution in [-0.4, -0.2) is 19.4 Å². The van der Waals surface area contributed by atoms with Gasteiger partial charge in [-0.2, -0.15) is 12.6 Å². The van der Waals surface area contributed by atoms with Crippen molar-refractivity contribution < 1.29 is 4.74 Å². The molecule has 0 aliphatic rings. The van der Waals surface area contributed by atoms with Gasteiger partial charge in [-0.15, -0.1) is 0 Å². The summed E-state index contributed by atoms with van der Waals surface area (Å²) in [5.74, 6) is 1.82. The van der Waals surface area contributed by atoms with E-state index in [0.29, 0.717) is 12.6 Å². The molecule has 1 rings (SSSR count). The zero-order valence-corrected chi connectivity index (χ0v) is 10.3. The molecule has 0 aromatic heterocycles. The van der Waals surface area contributed by atoms with E-state index in [2.05, 4.69) is 30.1 Å². The van der Waals surface area contributed by atoms with Gasteiger partial charge in [-0.25, -0.2) is 0 Å². The second-order valence-corrected chi connectivity index (χ2v) is 3.80. The molecule has 0 spiro atoms. The van der Waals surface area contributed by atoms with Crippen LogP contribution in [0, 0.1) is 0 Å². The molecule has 0 saturated carbocycles. The first-order valence-corrected chi connectivity index (χ1v) is 5.96. The fourth-order valence-corrected chi connectivity index (χ4v) is 1.83. The topological polar surface area (TPSA) is 21.3 Å². The molecule has 0 aliphatic carbocycles. The Morgan fingerprint density at radius 3 is 2.47 bits per heavy atom. The highest BCUT2D eigenvalue weighted by atomic mass is 32.1. The van der Waals surface area contributed by atoms with Crippen molar-refractivity contribution in [2.24, 2.45) is 0 Å². The van der Waals surface area contributed by atoms with Crippen LogP contribution < -0.4 is 10.1 Å². The van der Waals surface area contributed by atoms with E-state index in [9.17, 15) is 0 Å². The monoisotopic (exact) mass is 225 g/mol. The van der Waals surface area contributed by atoms with Gasteiger partial charge in [-0.3, -0.25) is 0 Å². The van der Waals surface area contributed by atoms with E-state index in [1.807, 2.05) is 26.1 Å². The molecule has 0 amide bonds. The Labute approximate surface area is 97.4 Å². The molecule has 1 unspecified atom stereocenters. The van der Waals surface area contributed by atoms with Gasteiger partial charge in [0.25, 0.3) is 0 Å². The van der Waals surface area contributed by atoms with Gasteiger partial charge in [0.2, 0.25) is 0 Å². The third kappa shape index (κ3) is 3.76. The molecule has 1 aromatic carbocycles. The third-order valence-electron chi connectivity index (χ3n) is 2.36. The van der Waals surface area contributed by atoms with Gasteiger partial charge >= 0.3 is 0 Å². The van der Waals surface area contributed by atoms with E-state index in [1.165, 1.54) is 5.56 Å². The summed E-state index contributed by atoms with van der Waals surface area (Å²) < 4.78 is 5.40. The SMILES string of the molecule is CCOc1ccc(C(CCS)NC)cc1. The van der Waals surface area contributed by atoms with Gasteiger partial charge in [-0.1, -0.05) is 12.1 Å². The molecular formula is C12H19NOS. The minimum absolute atomic E-state index is 0.387. The van der Waals surface area contributed by atoms with E-state index in [-0.39, 0.29) is 0 Å². The number of benzene rings is 1. The van der Waals surface area contributed by atoms with Crippen LogP contribution in [0.2, 0.25) is 0 Å². The number of nitrogens with one attached hydrogen (secondary N) is 1. The lowest BCUT2D eigenvalue weighted by molar-refractivity contribution is 0.340. The Bertz CT molecular complexity index is 273. The highest BCUT2D eigenvalue weighted by molar-refractivity contribution is 7.80. The second kappa shape index (κ2) is 6.75. The Morgan fingerprint density at radius 2 is 2.00 bits per heavy atom. The van der Waals surface area contributed by atoms with Crippen LogP contribution in [0.1, 0.15) is 24.9 Å². The molecule has 0 fully saturated rings. The Balaban J connectivity index is 2.68. The highest BCUT2D eigenvalue weighted by Crippen LogP contribution is 2.20. The zero-order valence-electron chi connectivity index (χ0n) is 9.36. The fourth-order valence-electron chi connectivity index (χ4n) is 1.57. The van der Waals surface area contributed by atoms with Crippen molar-refractivity contribution in [2.45, 2.75) is 19.4 Å². The standard InChI is InChI=1S/C12H19NOS/c1-3-14-11-6-4-10(5-7-11)12(13-2)8-9-15/h4-7,12-13,15H,3,8-9H2,1-2H3. The summed E-state index contributed by atoms with van der Waals surface area (Å²) in [5, 5.41) is 3.28. The molecule has 1 atom stereocenters. The minimum atomic E-state index is 0.387. The van der Waals surface area contributed by atoms with Gasteiger partial charge in [0.1, 0.15) is 5.75 Å². The number of ether oxygens (including phenoxy) is 1.